The Labute approximate surface area is 165 Å². The molecule has 1 unspecified atom stereocenters. The molecule has 0 aromatic carbocycles. The summed E-state index contributed by atoms with van der Waals surface area (Å²) in [6.07, 6.45) is 5.81. The van der Waals surface area contributed by atoms with Crippen LogP contribution in [-0.4, -0.2) is 20.7 Å². The van der Waals surface area contributed by atoms with Crippen LogP contribution in [0.1, 0.15) is 66.4 Å². The molecule has 6 nitrogen and oxygen atoms in total. The fourth-order valence-corrected chi connectivity index (χ4v) is 4.13. The molecule has 0 radical (unpaired) electrons. The van der Waals surface area contributed by atoms with Crippen LogP contribution < -0.4 is 5.32 Å². The highest BCUT2D eigenvalue weighted by Crippen LogP contribution is 2.42. The van der Waals surface area contributed by atoms with Crippen LogP contribution in [0.4, 0.5) is 0 Å². The van der Waals surface area contributed by atoms with Crippen LogP contribution in [0.5, 0.6) is 0 Å². The fraction of sp³-hybridized carbons (Fsp3) is 0.409. The van der Waals surface area contributed by atoms with Gasteiger partial charge in [0.2, 0.25) is 0 Å². The molecule has 28 heavy (non-hydrogen) atoms. The molecule has 0 spiro atoms. The van der Waals surface area contributed by atoms with Crippen molar-refractivity contribution in [1.82, 2.24) is 20.1 Å². The second-order valence-electron chi connectivity index (χ2n) is 8.26. The third-order valence-corrected chi connectivity index (χ3v) is 5.36. The summed E-state index contributed by atoms with van der Waals surface area (Å²) in [7, 11) is 0. The summed E-state index contributed by atoms with van der Waals surface area (Å²) in [6.45, 7) is 8.40. The van der Waals surface area contributed by atoms with E-state index < -0.39 is 0 Å². The molecule has 4 rings (SSSR count). The smallest absolute Gasteiger partial charge is 0.255 e. The first-order chi connectivity index (χ1) is 13.4. The highest BCUT2D eigenvalue weighted by atomic mass is 16.3. The maximum absolute atomic E-state index is 13.1. The Bertz CT molecular complexity index is 1000. The number of aryl methyl sites for hydroxylation is 1. The van der Waals surface area contributed by atoms with Crippen LogP contribution >= 0.6 is 0 Å². The highest BCUT2D eigenvalue weighted by Gasteiger charge is 2.36. The minimum Gasteiger partial charge on any atom is -0.466 e. The van der Waals surface area contributed by atoms with Gasteiger partial charge in [-0.25, -0.2) is 9.67 Å². The topological polar surface area (TPSA) is 73.0 Å². The summed E-state index contributed by atoms with van der Waals surface area (Å²) in [5, 5.41) is 7.65. The number of hydrogen-bond acceptors (Lipinski definition) is 4. The Hall–Kier alpha value is -2.89. The molecular formula is C22H26N4O2. The lowest BCUT2D eigenvalue weighted by atomic mass is 9.74. The summed E-state index contributed by atoms with van der Waals surface area (Å²) < 4.78 is 7.63. The van der Waals surface area contributed by atoms with E-state index in [9.17, 15) is 4.79 Å². The van der Waals surface area contributed by atoms with Crippen LogP contribution in [-0.2, 0) is 12.8 Å². The number of amides is 1. The number of aromatic nitrogens is 3. The zero-order chi connectivity index (χ0) is 19.9. The van der Waals surface area contributed by atoms with Gasteiger partial charge >= 0.3 is 0 Å². The van der Waals surface area contributed by atoms with Gasteiger partial charge < -0.3 is 9.73 Å². The zero-order valence-corrected chi connectivity index (χ0v) is 16.8. The number of carbonyl (C=O) groups excluding carboxylic acids is 1. The first-order valence-corrected chi connectivity index (χ1v) is 9.76. The number of nitrogens with one attached hydrogen (secondary N) is 1. The Balaban J connectivity index is 1.64. The van der Waals surface area contributed by atoms with Crippen molar-refractivity contribution in [3.8, 4) is 5.82 Å². The summed E-state index contributed by atoms with van der Waals surface area (Å²) in [5.74, 6) is 2.48. The molecule has 3 aromatic heterocycles. The molecule has 146 valence electrons. The normalized spacial score (nSPS) is 17.9. The van der Waals surface area contributed by atoms with E-state index in [4.69, 9.17) is 4.42 Å². The van der Waals surface area contributed by atoms with Crippen molar-refractivity contribution in [1.29, 1.82) is 0 Å². The van der Waals surface area contributed by atoms with Crippen molar-refractivity contribution in [3.63, 3.8) is 0 Å². The van der Waals surface area contributed by atoms with Crippen LogP contribution in [0.25, 0.3) is 5.82 Å². The van der Waals surface area contributed by atoms with Crippen molar-refractivity contribution < 1.29 is 9.21 Å². The number of pyridine rings is 1. The second-order valence-corrected chi connectivity index (χ2v) is 8.26. The van der Waals surface area contributed by atoms with E-state index in [1.54, 1.807) is 17.1 Å². The summed E-state index contributed by atoms with van der Waals surface area (Å²) in [5.41, 5.74) is 2.62. The van der Waals surface area contributed by atoms with Crippen molar-refractivity contribution >= 4 is 5.91 Å². The lowest BCUT2D eigenvalue weighted by molar-refractivity contribution is 0.0916. The molecule has 0 saturated heterocycles. The number of rotatable bonds is 4. The first-order valence-electron chi connectivity index (χ1n) is 9.76. The molecular weight excluding hydrogens is 352 g/mol. The average molecular weight is 378 g/mol. The minimum atomic E-state index is -0.105. The van der Waals surface area contributed by atoms with Gasteiger partial charge in [0, 0.05) is 18.2 Å². The molecule has 0 saturated carbocycles. The number of furan rings is 1. The molecule has 1 N–H and O–H groups in total. The Kier molecular flexibility index (Phi) is 4.57. The van der Waals surface area contributed by atoms with Gasteiger partial charge in [-0.15, -0.1) is 0 Å². The van der Waals surface area contributed by atoms with Crippen LogP contribution in [0.2, 0.25) is 0 Å². The molecule has 1 aliphatic carbocycles. The van der Waals surface area contributed by atoms with E-state index in [1.807, 2.05) is 38.1 Å². The molecule has 1 atom stereocenters. The van der Waals surface area contributed by atoms with Crippen molar-refractivity contribution in [3.05, 3.63) is 65.0 Å². The van der Waals surface area contributed by atoms with Gasteiger partial charge in [0.25, 0.3) is 5.91 Å². The zero-order valence-electron chi connectivity index (χ0n) is 16.8. The van der Waals surface area contributed by atoms with Gasteiger partial charge in [-0.1, -0.05) is 26.8 Å². The minimum absolute atomic E-state index is 0.0633. The van der Waals surface area contributed by atoms with E-state index in [2.05, 4.69) is 29.2 Å². The first kappa shape index (κ1) is 18.5. The quantitative estimate of drug-likeness (QED) is 0.739. The van der Waals surface area contributed by atoms with Crippen molar-refractivity contribution in [2.75, 3.05) is 0 Å². The maximum atomic E-state index is 13.1. The fourth-order valence-electron chi connectivity index (χ4n) is 4.13. The Morgan fingerprint density at radius 2 is 2.21 bits per heavy atom. The van der Waals surface area contributed by atoms with Gasteiger partial charge in [0.1, 0.15) is 11.5 Å². The molecule has 0 aliphatic heterocycles. The molecule has 1 aliphatic rings. The van der Waals surface area contributed by atoms with Crippen LogP contribution in [0.15, 0.2) is 41.1 Å². The largest absolute Gasteiger partial charge is 0.466 e. The average Bonchev–Trinajstić information content (AvgIpc) is 3.24. The molecule has 0 fully saturated rings. The lowest BCUT2D eigenvalue weighted by Crippen LogP contribution is -2.36. The van der Waals surface area contributed by atoms with E-state index in [0.717, 1.165) is 35.6 Å². The predicted molar refractivity (Wildman–Crippen MR) is 106 cm³/mol. The summed E-state index contributed by atoms with van der Waals surface area (Å²) in [6, 6.07) is 7.65. The molecule has 1 amide bonds. The predicted octanol–water partition coefficient (Wildman–Crippen LogP) is 4.17. The number of nitrogens with zero attached hydrogens (tertiary/aromatic N) is 3. The third kappa shape index (κ3) is 3.35. The van der Waals surface area contributed by atoms with Gasteiger partial charge in [-0.2, -0.15) is 5.10 Å². The molecule has 3 heterocycles. The van der Waals surface area contributed by atoms with Crippen molar-refractivity contribution in [2.24, 2.45) is 5.41 Å². The number of hydrogen-bond donors (Lipinski definition) is 1. The Morgan fingerprint density at radius 1 is 1.39 bits per heavy atom. The molecule has 6 heteroatoms. The van der Waals surface area contributed by atoms with Gasteiger partial charge in [-0.3, -0.25) is 4.79 Å². The Morgan fingerprint density at radius 3 is 2.93 bits per heavy atom. The van der Waals surface area contributed by atoms with E-state index in [1.165, 1.54) is 0 Å². The van der Waals surface area contributed by atoms with Crippen LogP contribution in [0.3, 0.4) is 0 Å². The highest BCUT2D eigenvalue weighted by molar-refractivity contribution is 5.95. The third-order valence-electron chi connectivity index (χ3n) is 5.36. The number of fused-ring (bicyclic) bond motifs is 1. The van der Waals surface area contributed by atoms with E-state index >= 15 is 0 Å². The van der Waals surface area contributed by atoms with E-state index in [-0.39, 0.29) is 17.4 Å². The lowest BCUT2D eigenvalue weighted by Gasteiger charge is -2.34. The van der Waals surface area contributed by atoms with Crippen molar-refractivity contribution in [2.45, 2.75) is 53.0 Å². The second kappa shape index (κ2) is 6.93. The van der Waals surface area contributed by atoms with E-state index in [0.29, 0.717) is 17.8 Å². The maximum Gasteiger partial charge on any atom is 0.255 e. The SMILES string of the molecule is CCc1c(C(=O)NC2CC(C)(C)Cc3oc(C)cc32)cnn1-c1ccccn1. The van der Waals surface area contributed by atoms with Gasteiger partial charge in [-0.05, 0) is 43.4 Å². The summed E-state index contributed by atoms with van der Waals surface area (Å²) in [4.78, 5) is 17.5. The number of carbonyl (C=O) groups is 1. The van der Waals surface area contributed by atoms with Gasteiger partial charge in [0.15, 0.2) is 5.82 Å². The standard InChI is InChI=1S/C22H26N4O2/c1-5-18-16(13-24-26(18)20-8-6-7-9-23-20)21(27)25-17-11-22(3,4)12-19-15(17)10-14(2)28-19/h6-10,13,17H,5,11-12H2,1-4H3,(H,25,27). The summed E-state index contributed by atoms with van der Waals surface area (Å²) >= 11 is 0. The molecule has 0 bridgehead atoms. The molecule has 3 aromatic rings. The van der Waals surface area contributed by atoms with Gasteiger partial charge in [0.05, 0.1) is 23.5 Å². The monoisotopic (exact) mass is 378 g/mol. The van der Waals surface area contributed by atoms with Crippen LogP contribution in [0, 0.1) is 12.3 Å².